The van der Waals surface area contributed by atoms with Crippen LogP contribution in [0.1, 0.15) is 5.56 Å². The molecule has 118 valence electrons. The lowest BCUT2D eigenvalue weighted by molar-refractivity contribution is 0.306. The summed E-state index contributed by atoms with van der Waals surface area (Å²) < 4.78 is 5.82. The Morgan fingerprint density at radius 1 is 1.00 bits per heavy atom. The topological polar surface area (TPSA) is 76.8 Å². The van der Waals surface area contributed by atoms with Crippen LogP contribution in [-0.4, -0.2) is 15.0 Å². The van der Waals surface area contributed by atoms with Crippen molar-refractivity contribution in [1.82, 2.24) is 15.0 Å². The number of H-pyrrole nitrogens is 1. The van der Waals surface area contributed by atoms with Gasteiger partial charge in [0, 0.05) is 23.3 Å². The number of nitrogens with zero attached hydrogens (tertiary/aromatic N) is 2. The summed E-state index contributed by atoms with van der Waals surface area (Å²) >= 11 is 0. The number of aromatic nitrogens is 3. The number of nitrogens with one attached hydrogen (secondary N) is 1. The molecule has 0 amide bonds. The number of hydrogen-bond donors (Lipinski definition) is 2. The fraction of sp³-hybridized carbons (Fsp3) is 0.0526. The quantitative estimate of drug-likeness (QED) is 0.600. The maximum atomic E-state index is 5.82. The van der Waals surface area contributed by atoms with Gasteiger partial charge in [-0.1, -0.05) is 42.5 Å². The molecule has 0 saturated carbocycles. The molecular weight excluding hydrogens is 300 g/mol. The minimum atomic E-state index is 0.264. The zero-order valence-electron chi connectivity index (χ0n) is 12.9. The van der Waals surface area contributed by atoms with Gasteiger partial charge in [0.1, 0.15) is 18.0 Å². The highest BCUT2D eigenvalue weighted by atomic mass is 16.5. The molecule has 0 spiro atoms. The first-order valence-corrected chi connectivity index (χ1v) is 7.66. The summed E-state index contributed by atoms with van der Waals surface area (Å²) in [7, 11) is 0. The number of benzene rings is 2. The van der Waals surface area contributed by atoms with E-state index in [9.17, 15) is 0 Å². The zero-order valence-corrected chi connectivity index (χ0v) is 12.9. The van der Waals surface area contributed by atoms with Crippen LogP contribution in [0.2, 0.25) is 0 Å². The van der Waals surface area contributed by atoms with E-state index < -0.39 is 0 Å². The number of aromatic amines is 1. The molecule has 5 nitrogen and oxygen atoms in total. The Morgan fingerprint density at radius 2 is 1.79 bits per heavy atom. The number of fused-ring (bicyclic) bond motifs is 1. The monoisotopic (exact) mass is 316 g/mol. The van der Waals surface area contributed by atoms with E-state index in [0.717, 1.165) is 33.5 Å². The Bertz CT molecular complexity index is 962. The largest absolute Gasteiger partial charge is 0.489 e. The van der Waals surface area contributed by atoms with Gasteiger partial charge in [-0.15, -0.1) is 0 Å². The predicted molar refractivity (Wildman–Crippen MR) is 94.5 cm³/mol. The van der Waals surface area contributed by atoms with Gasteiger partial charge in [-0.3, -0.25) is 0 Å². The molecular formula is C19H16N4O. The second-order valence-corrected chi connectivity index (χ2v) is 5.49. The third-order valence-corrected chi connectivity index (χ3v) is 3.86. The maximum Gasteiger partial charge on any atom is 0.221 e. The highest BCUT2D eigenvalue weighted by Gasteiger charge is 2.08. The van der Waals surface area contributed by atoms with Crippen molar-refractivity contribution in [2.45, 2.75) is 6.61 Å². The third-order valence-electron chi connectivity index (χ3n) is 3.86. The van der Waals surface area contributed by atoms with E-state index in [-0.39, 0.29) is 5.95 Å². The van der Waals surface area contributed by atoms with Gasteiger partial charge in [0.2, 0.25) is 5.95 Å². The molecule has 0 aliphatic carbocycles. The van der Waals surface area contributed by atoms with E-state index in [2.05, 4.69) is 15.0 Å². The van der Waals surface area contributed by atoms with Crippen molar-refractivity contribution in [2.75, 3.05) is 5.73 Å². The molecule has 0 radical (unpaired) electrons. The van der Waals surface area contributed by atoms with Gasteiger partial charge in [0.15, 0.2) is 0 Å². The van der Waals surface area contributed by atoms with Gasteiger partial charge < -0.3 is 15.5 Å². The number of rotatable bonds is 4. The predicted octanol–water partition coefficient (Wildman–Crippen LogP) is 3.79. The van der Waals surface area contributed by atoms with Crippen molar-refractivity contribution in [3.05, 3.63) is 72.6 Å². The van der Waals surface area contributed by atoms with Crippen LogP contribution < -0.4 is 10.5 Å². The van der Waals surface area contributed by atoms with Crippen LogP contribution in [0.25, 0.3) is 22.2 Å². The molecule has 0 saturated heterocycles. The number of nitrogens with two attached hydrogens (primary N) is 1. The van der Waals surface area contributed by atoms with Gasteiger partial charge in [0.25, 0.3) is 0 Å². The third kappa shape index (κ3) is 2.79. The van der Waals surface area contributed by atoms with Crippen LogP contribution >= 0.6 is 0 Å². The Kier molecular flexibility index (Phi) is 3.59. The Labute approximate surface area is 139 Å². The fourth-order valence-corrected chi connectivity index (χ4v) is 2.63. The smallest absolute Gasteiger partial charge is 0.221 e. The molecule has 0 unspecified atom stereocenters. The van der Waals surface area contributed by atoms with E-state index in [1.807, 2.05) is 60.8 Å². The SMILES string of the molecule is Nc1ncc2c(-c3ccc(OCc4ccccc4)cc3)c[nH]c2n1. The van der Waals surface area contributed by atoms with Crippen molar-refractivity contribution in [2.24, 2.45) is 0 Å². The van der Waals surface area contributed by atoms with Gasteiger partial charge in [-0.2, -0.15) is 4.98 Å². The molecule has 0 fully saturated rings. The van der Waals surface area contributed by atoms with Crippen molar-refractivity contribution < 1.29 is 4.74 Å². The Hall–Kier alpha value is -3.34. The molecule has 0 aliphatic heterocycles. The van der Waals surface area contributed by atoms with Crippen LogP contribution in [0, 0.1) is 0 Å². The van der Waals surface area contributed by atoms with E-state index in [4.69, 9.17) is 10.5 Å². The molecule has 2 aromatic carbocycles. The summed E-state index contributed by atoms with van der Waals surface area (Å²) in [5, 5.41) is 0.946. The van der Waals surface area contributed by atoms with Crippen LogP contribution in [0.4, 0.5) is 5.95 Å². The first kappa shape index (κ1) is 14.3. The highest BCUT2D eigenvalue weighted by Crippen LogP contribution is 2.29. The number of nitrogen functional groups attached to an aromatic ring is 1. The van der Waals surface area contributed by atoms with Gasteiger partial charge in [-0.25, -0.2) is 4.98 Å². The number of hydrogen-bond acceptors (Lipinski definition) is 4. The molecule has 0 atom stereocenters. The summed E-state index contributed by atoms with van der Waals surface area (Å²) in [5.41, 5.74) is 9.61. The summed E-state index contributed by atoms with van der Waals surface area (Å²) in [6.07, 6.45) is 3.65. The Balaban J connectivity index is 1.54. The lowest BCUT2D eigenvalue weighted by Gasteiger charge is -2.07. The Morgan fingerprint density at radius 3 is 2.58 bits per heavy atom. The van der Waals surface area contributed by atoms with Gasteiger partial charge >= 0.3 is 0 Å². The molecule has 4 aromatic rings. The lowest BCUT2D eigenvalue weighted by atomic mass is 10.1. The summed E-state index contributed by atoms with van der Waals surface area (Å²) in [4.78, 5) is 11.4. The average Bonchev–Trinajstić information content (AvgIpc) is 3.04. The van der Waals surface area contributed by atoms with E-state index >= 15 is 0 Å². The number of ether oxygens (including phenoxy) is 1. The highest BCUT2D eigenvalue weighted by molar-refractivity contribution is 5.93. The van der Waals surface area contributed by atoms with E-state index in [1.54, 1.807) is 6.20 Å². The minimum Gasteiger partial charge on any atom is -0.489 e. The minimum absolute atomic E-state index is 0.264. The van der Waals surface area contributed by atoms with Crippen molar-refractivity contribution in [3.8, 4) is 16.9 Å². The summed E-state index contributed by atoms with van der Waals surface area (Å²) in [6, 6.07) is 18.1. The maximum absolute atomic E-state index is 5.82. The molecule has 2 heterocycles. The molecule has 3 N–H and O–H groups in total. The molecule has 0 aliphatic rings. The average molecular weight is 316 g/mol. The van der Waals surface area contributed by atoms with E-state index in [0.29, 0.717) is 6.61 Å². The second-order valence-electron chi connectivity index (χ2n) is 5.49. The van der Waals surface area contributed by atoms with Crippen LogP contribution in [-0.2, 0) is 6.61 Å². The zero-order chi connectivity index (χ0) is 16.4. The first-order valence-electron chi connectivity index (χ1n) is 7.66. The second kappa shape index (κ2) is 6.04. The first-order chi connectivity index (χ1) is 11.8. The van der Waals surface area contributed by atoms with Crippen LogP contribution in [0.5, 0.6) is 5.75 Å². The van der Waals surface area contributed by atoms with Crippen molar-refractivity contribution in [1.29, 1.82) is 0 Å². The van der Waals surface area contributed by atoms with E-state index in [1.165, 1.54) is 0 Å². The molecule has 2 aromatic heterocycles. The standard InChI is InChI=1S/C19H16N4O/c20-19-22-11-17-16(10-21-18(17)23-19)14-6-8-15(9-7-14)24-12-13-4-2-1-3-5-13/h1-11H,12H2,(H3,20,21,22,23). The molecule has 5 heteroatoms. The van der Waals surface area contributed by atoms with Gasteiger partial charge in [-0.05, 0) is 23.3 Å². The van der Waals surface area contributed by atoms with Crippen molar-refractivity contribution in [3.63, 3.8) is 0 Å². The van der Waals surface area contributed by atoms with Crippen LogP contribution in [0.15, 0.2) is 67.0 Å². The van der Waals surface area contributed by atoms with Crippen LogP contribution in [0.3, 0.4) is 0 Å². The lowest BCUT2D eigenvalue weighted by Crippen LogP contribution is -1.94. The van der Waals surface area contributed by atoms with Gasteiger partial charge in [0.05, 0.1) is 0 Å². The number of anilines is 1. The van der Waals surface area contributed by atoms with Crippen molar-refractivity contribution >= 4 is 17.0 Å². The molecule has 24 heavy (non-hydrogen) atoms. The normalized spacial score (nSPS) is 10.8. The summed E-state index contributed by atoms with van der Waals surface area (Å²) in [6.45, 7) is 0.556. The molecule has 4 rings (SSSR count). The fourth-order valence-electron chi connectivity index (χ4n) is 2.63. The molecule has 0 bridgehead atoms. The summed E-state index contributed by atoms with van der Waals surface area (Å²) in [5.74, 6) is 1.10.